The summed E-state index contributed by atoms with van der Waals surface area (Å²) in [6.45, 7) is 0. The summed E-state index contributed by atoms with van der Waals surface area (Å²) in [5.41, 5.74) is 1.87. The summed E-state index contributed by atoms with van der Waals surface area (Å²) in [7, 11) is 0. The van der Waals surface area contributed by atoms with Gasteiger partial charge in [0.15, 0.2) is 0 Å². The van der Waals surface area contributed by atoms with Crippen LogP contribution < -0.4 is 4.74 Å². The second-order valence-corrected chi connectivity index (χ2v) is 5.38. The van der Waals surface area contributed by atoms with Crippen molar-refractivity contribution in [2.24, 2.45) is 0 Å². The smallest absolute Gasteiger partial charge is 0.406 e. The average Bonchev–Trinajstić information content (AvgIpc) is 3.01. The third kappa shape index (κ3) is 4.78. The molecule has 0 aliphatic heterocycles. The molecular weight excluding hydrogens is 353 g/mol. The van der Waals surface area contributed by atoms with Crippen LogP contribution in [-0.4, -0.2) is 16.1 Å². The Kier molecular flexibility index (Phi) is 4.68. The highest BCUT2D eigenvalue weighted by atomic mass is 35.5. The molecule has 126 valence electrons. The second kappa shape index (κ2) is 6.91. The van der Waals surface area contributed by atoms with Gasteiger partial charge in [0.25, 0.3) is 0 Å². The molecule has 1 heterocycles. The first kappa shape index (κ1) is 16.9. The van der Waals surface area contributed by atoms with Crippen molar-refractivity contribution in [2.75, 3.05) is 0 Å². The van der Waals surface area contributed by atoms with Gasteiger partial charge in [-0.15, -0.1) is 13.2 Å². The van der Waals surface area contributed by atoms with Crippen molar-refractivity contribution in [3.8, 4) is 23.3 Å². The van der Waals surface area contributed by atoms with Gasteiger partial charge in [0.05, 0.1) is 5.69 Å². The third-order valence-corrected chi connectivity index (χ3v) is 3.32. The van der Waals surface area contributed by atoms with Crippen LogP contribution in [0.25, 0.3) is 5.69 Å². The zero-order valence-corrected chi connectivity index (χ0v) is 13.3. The van der Waals surface area contributed by atoms with E-state index in [0.717, 1.165) is 5.56 Å². The summed E-state index contributed by atoms with van der Waals surface area (Å²) < 4.78 is 41.8. The molecule has 3 nitrogen and oxygen atoms in total. The molecule has 25 heavy (non-hydrogen) atoms. The van der Waals surface area contributed by atoms with Gasteiger partial charge >= 0.3 is 6.36 Å². The first-order valence-electron chi connectivity index (χ1n) is 7.08. The Labute approximate surface area is 146 Å². The van der Waals surface area contributed by atoms with E-state index in [4.69, 9.17) is 11.6 Å². The first-order valence-corrected chi connectivity index (χ1v) is 7.46. The van der Waals surface area contributed by atoms with Crippen LogP contribution in [0.1, 0.15) is 11.3 Å². The standard InChI is InChI=1S/C18H10ClF3N2O/c19-14-3-1-2-13(12-14)4-5-15-10-11-24(23-15)16-6-8-17(9-7-16)25-18(20,21)22/h1-3,6-12H. The molecule has 0 aliphatic carbocycles. The fraction of sp³-hybridized carbons (Fsp3) is 0.0556. The van der Waals surface area contributed by atoms with Gasteiger partial charge in [0, 0.05) is 16.8 Å². The lowest BCUT2D eigenvalue weighted by atomic mass is 10.2. The number of nitrogens with zero attached hydrogens (tertiary/aromatic N) is 2. The molecule has 0 amide bonds. The van der Waals surface area contributed by atoms with Crippen molar-refractivity contribution in [2.45, 2.75) is 6.36 Å². The molecule has 0 bridgehead atoms. The van der Waals surface area contributed by atoms with Crippen molar-refractivity contribution in [1.82, 2.24) is 9.78 Å². The predicted octanol–water partition coefficient (Wildman–Crippen LogP) is 4.82. The maximum Gasteiger partial charge on any atom is 0.573 e. The zero-order valence-electron chi connectivity index (χ0n) is 12.6. The Morgan fingerprint density at radius 2 is 1.76 bits per heavy atom. The van der Waals surface area contributed by atoms with E-state index in [9.17, 15) is 13.2 Å². The summed E-state index contributed by atoms with van der Waals surface area (Å²) in [6, 6.07) is 14.2. The van der Waals surface area contributed by atoms with Crippen LogP contribution in [0.2, 0.25) is 5.02 Å². The van der Waals surface area contributed by atoms with E-state index in [0.29, 0.717) is 16.4 Å². The van der Waals surface area contributed by atoms with E-state index in [1.54, 1.807) is 30.5 Å². The van der Waals surface area contributed by atoms with Gasteiger partial charge in [-0.05, 0) is 54.5 Å². The van der Waals surface area contributed by atoms with E-state index in [1.807, 2.05) is 6.07 Å². The molecule has 2 aromatic carbocycles. The quantitative estimate of drug-likeness (QED) is 0.611. The molecule has 0 aliphatic rings. The lowest BCUT2D eigenvalue weighted by molar-refractivity contribution is -0.274. The largest absolute Gasteiger partial charge is 0.573 e. The minimum atomic E-state index is -4.71. The predicted molar refractivity (Wildman–Crippen MR) is 87.7 cm³/mol. The minimum absolute atomic E-state index is 0.288. The summed E-state index contributed by atoms with van der Waals surface area (Å²) in [5, 5.41) is 4.87. The molecular formula is C18H10ClF3N2O. The normalized spacial score (nSPS) is 10.9. The lowest BCUT2D eigenvalue weighted by Gasteiger charge is -2.09. The highest BCUT2D eigenvalue weighted by Gasteiger charge is 2.30. The van der Waals surface area contributed by atoms with Crippen LogP contribution in [0.15, 0.2) is 60.8 Å². The summed E-state index contributed by atoms with van der Waals surface area (Å²) in [6.07, 6.45) is -3.04. The highest BCUT2D eigenvalue weighted by Crippen LogP contribution is 2.23. The number of ether oxygens (including phenoxy) is 1. The molecule has 3 rings (SSSR count). The lowest BCUT2D eigenvalue weighted by Crippen LogP contribution is -2.17. The van der Waals surface area contributed by atoms with Crippen LogP contribution >= 0.6 is 11.6 Å². The molecule has 7 heteroatoms. The number of halogens is 4. The maximum atomic E-state index is 12.2. The summed E-state index contributed by atoms with van der Waals surface area (Å²) in [4.78, 5) is 0. The molecule has 0 atom stereocenters. The van der Waals surface area contributed by atoms with E-state index in [1.165, 1.54) is 28.9 Å². The summed E-state index contributed by atoms with van der Waals surface area (Å²) >= 11 is 5.90. The van der Waals surface area contributed by atoms with E-state index in [-0.39, 0.29) is 5.75 Å². The van der Waals surface area contributed by atoms with Crippen LogP contribution in [-0.2, 0) is 0 Å². The average molecular weight is 363 g/mol. The second-order valence-electron chi connectivity index (χ2n) is 4.95. The molecule has 0 unspecified atom stereocenters. The molecule has 1 aromatic heterocycles. The molecule has 0 saturated heterocycles. The van der Waals surface area contributed by atoms with E-state index < -0.39 is 6.36 Å². The van der Waals surface area contributed by atoms with Gasteiger partial charge in [-0.3, -0.25) is 0 Å². The van der Waals surface area contributed by atoms with Crippen molar-refractivity contribution in [3.05, 3.63) is 77.1 Å². The number of hydrogen-bond donors (Lipinski definition) is 0. The molecule has 3 aromatic rings. The minimum Gasteiger partial charge on any atom is -0.406 e. The highest BCUT2D eigenvalue weighted by molar-refractivity contribution is 6.30. The van der Waals surface area contributed by atoms with Crippen LogP contribution in [0.3, 0.4) is 0 Å². The molecule has 0 radical (unpaired) electrons. The van der Waals surface area contributed by atoms with Crippen LogP contribution in [0, 0.1) is 11.8 Å². The van der Waals surface area contributed by atoms with Gasteiger partial charge in [0.1, 0.15) is 11.4 Å². The Morgan fingerprint density at radius 3 is 2.44 bits per heavy atom. The fourth-order valence-corrected chi connectivity index (χ4v) is 2.23. The third-order valence-electron chi connectivity index (χ3n) is 3.08. The van der Waals surface area contributed by atoms with Gasteiger partial charge in [-0.2, -0.15) is 5.10 Å². The molecule has 0 saturated carbocycles. The Bertz CT molecular complexity index is 937. The zero-order chi connectivity index (χ0) is 17.9. The van der Waals surface area contributed by atoms with Gasteiger partial charge in [-0.25, -0.2) is 4.68 Å². The van der Waals surface area contributed by atoms with Crippen LogP contribution in [0.4, 0.5) is 13.2 Å². The molecule has 0 N–H and O–H groups in total. The van der Waals surface area contributed by atoms with Crippen molar-refractivity contribution >= 4 is 11.6 Å². The van der Waals surface area contributed by atoms with Gasteiger partial charge in [0.2, 0.25) is 0 Å². The number of alkyl halides is 3. The Balaban J connectivity index is 1.76. The number of aromatic nitrogens is 2. The first-order chi connectivity index (χ1) is 11.9. The number of benzene rings is 2. The Hall–Kier alpha value is -2.91. The van der Waals surface area contributed by atoms with Crippen molar-refractivity contribution in [3.63, 3.8) is 0 Å². The van der Waals surface area contributed by atoms with Crippen molar-refractivity contribution < 1.29 is 17.9 Å². The number of rotatable bonds is 2. The van der Waals surface area contributed by atoms with Crippen LogP contribution in [0.5, 0.6) is 5.75 Å². The van der Waals surface area contributed by atoms with Gasteiger partial charge in [-0.1, -0.05) is 23.6 Å². The molecule has 0 spiro atoms. The maximum absolute atomic E-state index is 12.2. The fourth-order valence-electron chi connectivity index (χ4n) is 2.04. The monoisotopic (exact) mass is 362 g/mol. The van der Waals surface area contributed by atoms with Crippen molar-refractivity contribution in [1.29, 1.82) is 0 Å². The Morgan fingerprint density at radius 1 is 1.00 bits per heavy atom. The van der Waals surface area contributed by atoms with E-state index >= 15 is 0 Å². The topological polar surface area (TPSA) is 27.1 Å². The SMILES string of the molecule is FC(F)(F)Oc1ccc(-n2ccc(C#Cc3cccc(Cl)c3)n2)cc1. The number of hydrogen-bond acceptors (Lipinski definition) is 2. The van der Waals surface area contributed by atoms with Gasteiger partial charge < -0.3 is 4.74 Å². The summed E-state index contributed by atoms with van der Waals surface area (Å²) in [5.74, 6) is 5.57. The molecule has 0 fully saturated rings. The van der Waals surface area contributed by atoms with E-state index in [2.05, 4.69) is 21.7 Å².